The van der Waals surface area contributed by atoms with Crippen LogP contribution < -0.4 is 10.2 Å². The predicted molar refractivity (Wildman–Crippen MR) is 78.2 cm³/mol. The topological polar surface area (TPSA) is 114 Å². The lowest BCUT2D eigenvalue weighted by molar-refractivity contribution is 0.304. The minimum Gasteiger partial charge on any atom is -0.395 e. The SMILES string of the molecule is CN(CCO)c1ccc(NC=C(C#N)c2nn[nH]n2)cc1. The molecule has 8 heteroatoms. The van der Waals surface area contributed by atoms with Gasteiger partial charge in [0.2, 0.25) is 5.82 Å². The normalized spacial score (nSPS) is 11.0. The predicted octanol–water partition coefficient (Wildman–Crippen LogP) is 0.605. The molecule has 0 bridgehead atoms. The van der Waals surface area contributed by atoms with E-state index in [4.69, 9.17) is 10.4 Å². The molecule has 1 aromatic carbocycles. The van der Waals surface area contributed by atoms with Crippen molar-refractivity contribution in [1.29, 1.82) is 5.26 Å². The molecular formula is C13H15N7O. The number of likely N-dealkylation sites (N-methyl/N-ethyl adjacent to an activating group) is 1. The number of anilines is 2. The van der Waals surface area contributed by atoms with E-state index in [9.17, 15) is 0 Å². The first kappa shape index (κ1) is 14.5. The highest BCUT2D eigenvalue weighted by Gasteiger charge is 2.05. The zero-order chi connectivity index (χ0) is 15.1. The first-order valence-corrected chi connectivity index (χ1v) is 6.27. The van der Waals surface area contributed by atoms with Gasteiger partial charge in [0.1, 0.15) is 11.6 Å². The number of nitrogens with one attached hydrogen (secondary N) is 2. The van der Waals surface area contributed by atoms with Gasteiger partial charge in [0, 0.05) is 31.2 Å². The van der Waals surface area contributed by atoms with Crippen LogP contribution in [0.1, 0.15) is 5.82 Å². The van der Waals surface area contributed by atoms with Crippen LogP contribution in [0.3, 0.4) is 0 Å². The fraction of sp³-hybridized carbons (Fsp3) is 0.231. The van der Waals surface area contributed by atoms with Crippen molar-refractivity contribution in [3.8, 4) is 6.07 Å². The van der Waals surface area contributed by atoms with Gasteiger partial charge in [0.05, 0.1) is 6.61 Å². The van der Waals surface area contributed by atoms with Gasteiger partial charge in [-0.3, -0.25) is 0 Å². The number of hydrogen-bond acceptors (Lipinski definition) is 7. The average molecular weight is 285 g/mol. The molecule has 0 atom stereocenters. The molecule has 2 rings (SSSR count). The Morgan fingerprint density at radius 1 is 1.48 bits per heavy atom. The number of tetrazole rings is 1. The molecular weight excluding hydrogens is 270 g/mol. The maximum Gasteiger partial charge on any atom is 0.216 e. The monoisotopic (exact) mass is 285 g/mol. The third-order valence-corrected chi connectivity index (χ3v) is 2.83. The number of aliphatic hydroxyl groups is 1. The zero-order valence-electron chi connectivity index (χ0n) is 11.5. The number of benzene rings is 1. The number of aliphatic hydroxyl groups excluding tert-OH is 1. The zero-order valence-corrected chi connectivity index (χ0v) is 11.5. The summed E-state index contributed by atoms with van der Waals surface area (Å²) in [5.74, 6) is 0.240. The van der Waals surface area contributed by atoms with Crippen LogP contribution in [-0.2, 0) is 0 Å². The van der Waals surface area contributed by atoms with E-state index < -0.39 is 0 Å². The first-order valence-electron chi connectivity index (χ1n) is 6.27. The lowest BCUT2D eigenvalue weighted by Gasteiger charge is -2.18. The summed E-state index contributed by atoms with van der Waals surface area (Å²) in [6, 6.07) is 9.60. The number of H-pyrrole nitrogens is 1. The van der Waals surface area contributed by atoms with Crippen LogP contribution in [0, 0.1) is 11.3 Å². The van der Waals surface area contributed by atoms with Gasteiger partial charge in [0.25, 0.3) is 0 Å². The molecule has 108 valence electrons. The van der Waals surface area contributed by atoms with Crippen molar-refractivity contribution in [2.75, 3.05) is 30.4 Å². The van der Waals surface area contributed by atoms with Gasteiger partial charge in [-0.15, -0.1) is 10.2 Å². The Bertz CT molecular complexity index is 628. The van der Waals surface area contributed by atoms with E-state index in [0.717, 1.165) is 11.4 Å². The summed E-state index contributed by atoms with van der Waals surface area (Å²) >= 11 is 0. The van der Waals surface area contributed by atoms with E-state index in [-0.39, 0.29) is 18.0 Å². The minimum absolute atomic E-state index is 0.107. The van der Waals surface area contributed by atoms with Crippen molar-refractivity contribution in [3.05, 3.63) is 36.3 Å². The van der Waals surface area contributed by atoms with E-state index in [1.807, 2.05) is 42.3 Å². The lowest BCUT2D eigenvalue weighted by Crippen LogP contribution is -2.20. The second kappa shape index (κ2) is 7.02. The summed E-state index contributed by atoms with van der Waals surface area (Å²) in [5, 5.41) is 34.2. The van der Waals surface area contributed by atoms with Crippen LogP contribution >= 0.6 is 0 Å². The number of aromatic nitrogens is 4. The van der Waals surface area contributed by atoms with E-state index >= 15 is 0 Å². The fourth-order valence-corrected chi connectivity index (χ4v) is 1.67. The van der Waals surface area contributed by atoms with Crippen LogP contribution in [-0.4, -0.2) is 45.9 Å². The van der Waals surface area contributed by atoms with Crippen molar-refractivity contribution in [3.63, 3.8) is 0 Å². The van der Waals surface area contributed by atoms with E-state index in [1.165, 1.54) is 6.20 Å². The summed E-state index contributed by atoms with van der Waals surface area (Å²) < 4.78 is 0. The van der Waals surface area contributed by atoms with Crippen molar-refractivity contribution in [2.24, 2.45) is 0 Å². The number of aromatic amines is 1. The quantitative estimate of drug-likeness (QED) is 0.666. The first-order chi connectivity index (χ1) is 10.2. The van der Waals surface area contributed by atoms with Gasteiger partial charge in [-0.25, -0.2) is 0 Å². The average Bonchev–Trinajstić information content (AvgIpc) is 3.03. The maximum atomic E-state index is 9.04. The smallest absolute Gasteiger partial charge is 0.216 e. The summed E-state index contributed by atoms with van der Waals surface area (Å²) in [5.41, 5.74) is 2.11. The van der Waals surface area contributed by atoms with Gasteiger partial charge in [-0.05, 0) is 29.5 Å². The molecule has 3 N–H and O–H groups in total. The Kier molecular flexibility index (Phi) is 4.84. The van der Waals surface area contributed by atoms with Gasteiger partial charge < -0.3 is 15.3 Å². The van der Waals surface area contributed by atoms with Gasteiger partial charge >= 0.3 is 0 Å². The number of nitrogens with zero attached hydrogens (tertiary/aromatic N) is 5. The number of nitriles is 1. The molecule has 1 heterocycles. The highest BCUT2D eigenvalue weighted by molar-refractivity contribution is 5.74. The van der Waals surface area contributed by atoms with Gasteiger partial charge in [0.15, 0.2) is 0 Å². The Morgan fingerprint density at radius 2 is 2.24 bits per heavy atom. The molecule has 0 radical (unpaired) electrons. The summed E-state index contributed by atoms with van der Waals surface area (Å²) in [6.45, 7) is 0.679. The molecule has 0 spiro atoms. The third kappa shape index (κ3) is 3.77. The van der Waals surface area contributed by atoms with Crippen molar-refractivity contribution in [1.82, 2.24) is 20.6 Å². The van der Waals surface area contributed by atoms with Crippen molar-refractivity contribution >= 4 is 16.9 Å². The Balaban J connectivity index is 2.05. The largest absolute Gasteiger partial charge is 0.395 e. The molecule has 0 saturated heterocycles. The number of allylic oxidation sites excluding steroid dienone is 1. The molecule has 0 fully saturated rings. The molecule has 0 amide bonds. The number of hydrogen-bond donors (Lipinski definition) is 3. The fourth-order valence-electron chi connectivity index (χ4n) is 1.67. The molecule has 0 aliphatic heterocycles. The second-order valence-electron chi connectivity index (χ2n) is 4.24. The standard InChI is InChI=1S/C13H15N7O/c1-20(6-7-21)12-4-2-11(3-5-12)15-9-10(8-14)13-16-18-19-17-13/h2-5,9,15,21H,6-7H2,1H3,(H,16,17,18,19). The van der Waals surface area contributed by atoms with E-state index in [2.05, 4.69) is 25.9 Å². The molecule has 0 aliphatic carbocycles. The maximum absolute atomic E-state index is 9.04. The van der Waals surface area contributed by atoms with Crippen LogP contribution in [0.15, 0.2) is 30.5 Å². The third-order valence-electron chi connectivity index (χ3n) is 2.83. The van der Waals surface area contributed by atoms with Gasteiger partial charge in [-0.2, -0.15) is 10.5 Å². The minimum atomic E-state index is 0.107. The Labute approximate surface area is 121 Å². The summed E-state index contributed by atoms with van der Waals surface area (Å²) in [6.07, 6.45) is 1.53. The van der Waals surface area contributed by atoms with Crippen molar-refractivity contribution in [2.45, 2.75) is 0 Å². The molecule has 8 nitrogen and oxygen atoms in total. The summed E-state index contributed by atoms with van der Waals surface area (Å²) in [7, 11) is 1.91. The molecule has 0 aliphatic rings. The molecule has 1 aromatic heterocycles. The Hall–Kier alpha value is -2.92. The van der Waals surface area contributed by atoms with E-state index in [1.54, 1.807) is 0 Å². The highest BCUT2D eigenvalue weighted by atomic mass is 16.3. The van der Waals surface area contributed by atoms with Crippen molar-refractivity contribution < 1.29 is 5.11 Å². The molecule has 21 heavy (non-hydrogen) atoms. The van der Waals surface area contributed by atoms with Crippen LogP contribution in [0.4, 0.5) is 11.4 Å². The molecule has 0 unspecified atom stereocenters. The van der Waals surface area contributed by atoms with E-state index in [0.29, 0.717) is 6.54 Å². The molecule has 2 aromatic rings. The number of rotatable bonds is 6. The van der Waals surface area contributed by atoms with Crippen LogP contribution in [0.5, 0.6) is 0 Å². The second-order valence-corrected chi connectivity index (χ2v) is 4.24. The molecule has 0 saturated carbocycles. The Morgan fingerprint density at radius 3 is 2.81 bits per heavy atom. The highest BCUT2D eigenvalue weighted by Crippen LogP contribution is 2.17. The van der Waals surface area contributed by atoms with Crippen LogP contribution in [0.25, 0.3) is 5.57 Å². The van der Waals surface area contributed by atoms with Crippen LogP contribution in [0.2, 0.25) is 0 Å². The lowest BCUT2D eigenvalue weighted by atomic mass is 10.2. The summed E-state index contributed by atoms with van der Waals surface area (Å²) in [4.78, 5) is 1.94. The van der Waals surface area contributed by atoms with Gasteiger partial charge in [-0.1, -0.05) is 0 Å².